The summed E-state index contributed by atoms with van der Waals surface area (Å²) in [5, 5.41) is 11.8. The van der Waals surface area contributed by atoms with Crippen molar-refractivity contribution >= 4 is 24.1 Å². The molecule has 1 N–H and O–H groups in total. The minimum absolute atomic E-state index is 0.431. The number of hydrogen-bond acceptors (Lipinski definition) is 5. The first-order chi connectivity index (χ1) is 15.7. The second-order valence-electron chi connectivity index (χ2n) is 7.12. The topological polar surface area (TPSA) is 58.4 Å². The summed E-state index contributed by atoms with van der Waals surface area (Å²) in [7, 11) is 0. The molecule has 0 saturated carbocycles. The summed E-state index contributed by atoms with van der Waals surface area (Å²) in [5.41, 5.74) is 3.01. The molecule has 6 nitrogen and oxygen atoms in total. The molecule has 0 bridgehead atoms. The maximum Gasteiger partial charge on any atom is 0.216 e. The molecule has 4 aromatic rings. The number of benzene rings is 3. The Bertz CT molecular complexity index is 1240. The Morgan fingerprint density at radius 1 is 0.969 bits per heavy atom. The molecule has 0 aliphatic rings. The van der Waals surface area contributed by atoms with Gasteiger partial charge in [0.1, 0.15) is 11.5 Å². The van der Waals surface area contributed by atoms with Gasteiger partial charge in [-0.15, -0.1) is 0 Å². The summed E-state index contributed by atoms with van der Waals surface area (Å²) in [6.07, 6.45) is 1.75. The summed E-state index contributed by atoms with van der Waals surface area (Å²) in [4.78, 5) is 2.30. The van der Waals surface area contributed by atoms with Crippen LogP contribution in [0.25, 0.3) is 11.4 Å². The Morgan fingerprint density at radius 3 is 2.41 bits per heavy atom. The third kappa shape index (κ3) is 4.95. The molecule has 7 heteroatoms. The van der Waals surface area contributed by atoms with E-state index in [2.05, 4.69) is 46.2 Å². The lowest BCUT2D eigenvalue weighted by atomic mass is 10.2. The highest BCUT2D eigenvalue weighted by atomic mass is 32.1. The molecule has 1 aromatic heterocycles. The number of rotatable bonds is 8. The molecule has 1 heterocycles. The molecule has 0 aliphatic carbocycles. The molecule has 0 saturated heterocycles. The van der Waals surface area contributed by atoms with E-state index in [0.29, 0.717) is 10.6 Å². The predicted octanol–water partition coefficient (Wildman–Crippen LogP) is 6.13. The number of H-pyrrole nitrogens is 1. The molecule has 4 rings (SSSR count). The van der Waals surface area contributed by atoms with E-state index in [4.69, 9.17) is 17.0 Å². The maximum absolute atomic E-state index is 5.91. The first kappa shape index (κ1) is 21.5. The zero-order chi connectivity index (χ0) is 22.3. The van der Waals surface area contributed by atoms with Crippen LogP contribution in [0, 0.1) is 4.77 Å². The summed E-state index contributed by atoms with van der Waals surface area (Å²) in [6.45, 7) is 6.23. The number of ether oxygens (including phenoxy) is 1. The number of aromatic nitrogens is 3. The average molecular weight is 444 g/mol. The first-order valence-corrected chi connectivity index (χ1v) is 11.0. The number of hydrogen-bond donors (Lipinski definition) is 1. The maximum atomic E-state index is 5.91. The Hall–Kier alpha value is -3.71. The van der Waals surface area contributed by atoms with Crippen LogP contribution in [0.3, 0.4) is 0 Å². The number of nitrogens with one attached hydrogen (secondary N) is 1. The van der Waals surface area contributed by atoms with Crippen molar-refractivity contribution in [1.29, 1.82) is 0 Å². The molecule has 162 valence electrons. The van der Waals surface area contributed by atoms with Gasteiger partial charge in [0.05, 0.1) is 6.21 Å². The number of anilines is 1. The van der Waals surface area contributed by atoms with Gasteiger partial charge in [-0.25, -0.2) is 5.10 Å². The van der Waals surface area contributed by atoms with Crippen molar-refractivity contribution in [2.75, 3.05) is 18.0 Å². The molecule has 0 unspecified atom stereocenters. The van der Waals surface area contributed by atoms with E-state index < -0.39 is 0 Å². The second-order valence-corrected chi connectivity index (χ2v) is 7.50. The monoisotopic (exact) mass is 443 g/mol. The fourth-order valence-corrected chi connectivity index (χ4v) is 3.58. The van der Waals surface area contributed by atoms with Gasteiger partial charge in [-0.2, -0.15) is 14.9 Å². The Kier molecular flexibility index (Phi) is 6.77. The summed E-state index contributed by atoms with van der Waals surface area (Å²) >= 11 is 5.40. The van der Waals surface area contributed by atoms with Crippen LogP contribution in [0.15, 0.2) is 84.0 Å². The molecule has 0 atom stereocenters. The number of para-hydroxylation sites is 1. The first-order valence-electron chi connectivity index (χ1n) is 10.6. The van der Waals surface area contributed by atoms with Crippen LogP contribution in [0.4, 0.5) is 5.69 Å². The van der Waals surface area contributed by atoms with E-state index in [1.54, 1.807) is 10.9 Å². The van der Waals surface area contributed by atoms with Crippen LogP contribution >= 0.6 is 12.2 Å². The van der Waals surface area contributed by atoms with Gasteiger partial charge < -0.3 is 9.64 Å². The average Bonchev–Trinajstić information content (AvgIpc) is 3.20. The van der Waals surface area contributed by atoms with E-state index >= 15 is 0 Å². The standard InChI is InChI=1S/C25H25N5OS/c1-3-29(4-2)21-15-13-20(14-16-21)24-27-28-25(32)30(24)26-18-19-9-8-12-23(17-19)31-22-10-6-5-7-11-22/h5-18H,3-4H2,1-2H3,(H,28,32). The molecule has 0 radical (unpaired) electrons. The van der Waals surface area contributed by atoms with Gasteiger partial charge in [0.15, 0.2) is 5.82 Å². The van der Waals surface area contributed by atoms with Crippen LogP contribution in [0.2, 0.25) is 0 Å². The zero-order valence-electron chi connectivity index (χ0n) is 18.1. The van der Waals surface area contributed by atoms with Crippen molar-refractivity contribution in [3.8, 4) is 22.9 Å². The highest BCUT2D eigenvalue weighted by Crippen LogP contribution is 2.23. The molecule has 0 fully saturated rings. The summed E-state index contributed by atoms with van der Waals surface area (Å²) < 4.78 is 7.97. The molecule has 3 aromatic carbocycles. The third-order valence-electron chi connectivity index (χ3n) is 5.06. The largest absolute Gasteiger partial charge is 0.457 e. The van der Waals surface area contributed by atoms with Crippen molar-refractivity contribution in [2.45, 2.75) is 13.8 Å². The smallest absolute Gasteiger partial charge is 0.216 e. The molecule has 0 aliphatic heterocycles. The normalized spacial score (nSPS) is 11.1. The van der Waals surface area contributed by atoms with E-state index in [-0.39, 0.29) is 0 Å². The minimum Gasteiger partial charge on any atom is -0.457 e. The van der Waals surface area contributed by atoms with E-state index in [1.807, 2.05) is 66.7 Å². The third-order valence-corrected chi connectivity index (χ3v) is 5.33. The van der Waals surface area contributed by atoms with E-state index in [1.165, 1.54) is 5.69 Å². The molecule has 0 spiro atoms. The minimum atomic E-state index is 0.431. The lowest BCUT2D eigenvalue weighted by molar-refractivity contribution is 0.482. The van der Waals surface area contributed by atoms with Gasteiger partial charge in [-0.1, -0.05) is 30.3 Å². The second kappa shape index (κ2) is 10.1. The van der Waals surface area contributed by atoms with Crippen molar-refractivity contribution in [3.63, 3.8) is 0 Å². The van der Waals surface area contributed by atoms with Gasteiger partial charge in [0, 0.05) is 24.3 Å². The highest BCUT2D eigenvalue weighted by molar-refractivity contribution is 7.71. The van der Waals surface area contributed by atoms with Crippen molar-refractivity contribution in [3.05, 3.63) is 89.2 Å². The summed E-state index contributed by atoms with van der Waals surface area (Å²) in [5.74, 6) is 2.19. The molecule has 0 amide bonds. The SMILES string of the molecule is CCN(CC)c1ccc(-c2n[nH]c(=S)n2N=Cc2cccc(Oc3ccccc3)c2)cc1. The van der Waals surface area contributed by atoms with Crippen molar-refractivity contribution in [2.24, 2.45) is 5.10 Å². The van der Waals surface area contributed by atoms with E-state index in [0.717, 1.165) is 35.7 Å². The molecular weight excluding hydrogens is 418 g/mol. The van der Waals surface area contributed by atoms with Crippen molar-refractivity contribution < 1.29 is 4.74 Å². The zero-order valence-corrected chi connectivity index (χ0v) is 18.9. The van der Waals surface area contributed by atoms with Gasteiger partial charge in [-0.05, 0) is 80.2 Å². The van der Waals surface area contributed by atoms with Crippen LogP contribution in [-0.4, -0.2) is 34.2 Å². The van der Waals surface area contributed by atoms with Crippen LogP contribution < -0.4 is 9.64 Å². The van der Waals surface area contributed by atoms with Crippen LogP contribution in [-0.2, 0) is 0 Å². The van der Waals surface area contributed by atoms with Crippen LogP contribution in [0.5, 0.6) is 11.5 Å². The fourth-order valence-electron chi connectivity index (χ4n) is 3.40. The number of nitrogens with zero attached hydrogens (tertiary/aromatic N) is 4. The Morgan fingerprint density at radius 2 is 1.69 bits per heavy atom. The lowest BCUT2D eigenvalue weighted by Gasteiger charge is -2.20. The summed E-state index contributed by atoms with van der Waals surface area (Å²) in [6, 6.07) is 25.7. The number of aromatic amines is 1. The predicted molar refractivity (Wildman–Crippen MR) is 132 cm³/mol. The quantitative estimate of drug-likeness (QED) is 0.263. The molecular formula is C25H25N5OS. The van der Waals surface area contributed by atoms with Gasteiger partial charge >= 0.3 is 0 Å². The highest BCUT2D eigenvalue weighted by Gasteiger charge is 2.09. The van der Waals surface area contributed by atoms with Gasteiger partial charge in [-0.3, -0.25) is 0 Å². The Balaban J connectivity index is 1.57. The van der Waals surface area contributed by atoms with Gasteiger partial charge in [0.2, 0.25) is 4.77 Å². The van der Waals surface area contributed by atoms with Crippen LogP contribution in [0.1, 0.15) is 19.4 Å². The molecule has 32 heavy (non-hydrogen) atoms. The Labute approximate surface area is 192 Å². The van der Waals surface area contributed by atoms with Crippen molar-refractivity contribution in [1.82, 2.24) is 14.9 Å². The fraction of sp³-hybridized carbons (Fsp3) is 0.160. The van der Waals surface area contributed by atoms with E-state index in [9.17, 15) is 0 Å². The lowest BCUT2D eigenvalue weighted by Crippen LogP contribution is -2.21. The van der Waals surface area contributed by atoms with Gasteiger partial charge in [0.25, 0.3) is 0 Å².